The molecular weight excluding hydrogens is 316 g/mol. The number of benzene rings is 2. The van der Waals surface area contributed by atoms with Crippen LogP contribution in [-0.2, 0) is 16.1 Å². The van der Waals surface area contributed by atoms with E-state index in [4.69, 9.17) is 16.3 Å². The molecule has 1 amide bonds. The van der Waals surface area contributed by atoms with Crippen LogP contribution < -0.4 is 10.6 Å². The van der Waals surface area contributed by atoms with Gasteiger partial charge in [0, 0.05) is 18.5 Å². The zero-order chi connectivity index (χ0) is 16.8. The number of rotatable bonds is 5. The van der Waals surface area contributed by atoms with Crippen LogP contribution >= 0.6 is 11.6 Å². The molecule has 0 aliphatic heterocycles. The third-order valence-electron chi connectivity index (χ3n) is 3.15. The summed E-state index contributed by atoms with van der Waals surface area (Å²) in [7, 11) is 1.31. The average Bonchev–Trinajstić information content (AvgIpc) is 2.54. The van der Waals surface area contributed by atoms with Gasteiger partial charge in [0.1, 0.15) is 0 Å². The largest absolute Gasteiger partial charge is 0.465 e. The smallest absolute Gasteiger partial charge is 0.337 e. The average molecular weight is 333 g/mol. The third-order valence-corrected chi connectivity index (χ3v) is 3.40. The van der Waals surface area contributed by atoms with E-state index in [1.54, 1.807) is 18.2 Å². The van der Waals surface area contributed by atoms with Gasteiger partial charge in [-0.15, -0.1) is 0 Å². The van der Waals surface area contributed by atoms with Crippen LogP contribution in [0.1, 0.15) is 22.8 Å². The van der Waals surface area contributed by atoms with Crippen molar-refractivity contribution < 1.29 is 14.3 Å². The first-order chi connectivity index (χ1) is 11.0. The van der Waals surface area contributed by atoms with Gasteiger partial charge in [-0.1, -0.05) is 23.7 Å². The molecule has 0 saturated carbocycles. The summed E-state index contributed by atoms with van der Waals surface area (Å²) in [5.41, 5.74) is 2.64. The van der Waals surface area contributed by atoms with Gasteiger partial charge in [0.2, 0.25) is 5.91 Å². The number of esters is 1. The maximum atomic E-state index is 11.6. The lowest BCUT2D eigenvalue weighted by molar-refractivity contribution is -0.114. The summed E-state index contributed by atoms with van der Waals surface area (Å²) in [6.45, 7) is 1.97. The molecule has 0 bridgehead atoms. The molecule has 0 radical (unpaired) electrons. The Kier molecular flexibility index (Phi) is 5.60. The first-order valence-corrected chi connectivity index (χ1v) is 7.35. The number of methoxy groups -OCH3 is 1. The van der Waals surface area contributed by atoms with E-state index in [0.29, 0.717) is 28.5 Å². The highest BCUT2D eigenvalue weighted by atomic mass is 35.5. The van der Waals surface area contributed by atoms with Crippen LogP contribution in [0.5, 0.6) is 0 Å². The van der Waals surface area contributed by atoms with Crippen LogP contribution in [0.15, 0.2) is 42.5 Å². The molecule has 2 N–H and O–H groups in total. The van der Waals surface area contributed by atoms with Crippen LogP contribution in [0.2, 0.25) is 5.02 Å². The van der Waals surface area contributed by atoms with Crippen LogP contribution in [0.3, 0.4) is 0 Å². The van der Waals surface area contributed by atoms with Crippen LogP contribution in [0, 0.1) is 0 Å². The van der Waals surface area contributed by atoms with Crippen molar-refractivity contribution in [1.29, 1.82) is 0 Å². The van der Waals surface area contributed by atoms with Gasteiger partial charge in [-0.25, -0.2) is 4.79 Å². The predicted molar refractivity (Wildman–Crippen MR) is 90.9 cm³/mol. The summed E-state index contributed by atoms with van der Waals surface area (Å²) in [5, 5.41) is 6.61. The van der Waals surface area contributed by atoms with E-state index >= 15 is 0 Å². The molecule has 0 aromatic heterocycles. The Morgan fingerprint density at radius 2 is 1.78 bits per heavy atom. The molecule has 2 aromatic rings. The Hall–Kier alpha value is -2.53. The monoisotopic (exact) mass is 332 g/mol. The fraction of sp³-hybridized carbons (Fsp3) is 0.176. The zero-order valence-electron chi connectivity index (χ0n) is 12.9. The molecule has 0 aliphatic carbocycles. The Balaban J connectivity index is 2.20. The third kappa shape index (κ3) is 4.72. The molecule has 2 rings (SSSR count). The van der Waals surface area contributed by atoms with Gasteiger partial charge in [0.15, 0.2) is 0 Å². The van der Waals surface area contributed by atoms with Gasteiger partial charge in [-0.3, -0.25) is 4.79 Å². The molecule has 0 atom stereocenters. The zero-order valence-corrected chi connectivity index (χ0v) is 13.6. The van der Waals surface area contributed by atoms with E-state index < -0.39 is 5.97 Å². The standard InChI is InChI=1S/C17H17ClN2O3/c1-11(21)20-16-9-13(17(22)23-2)5-8-15(16)19-10-12-3-6-14(18)7-4-12/h3-9,19H,10H2,1-2H3,(H,20,21). The van der Waals surface area contributed by atoms with Gasteiger partial charge in [-0.05, 0) is 35.9 Å². The molecule has 0 spiro atoms. The van der Waals surface area contributed by atoms with Crippen molar-refractivity contribution in [2.75, 3.05) is 17.7 Å². The van der Waals surface area contributed by atoms with Crippen molar-refractivity contribution in [2.45, 2.75) is 13.5 Å². The van der Waals surface area contributed by atoms with Crippen molar-refractivity contribution in [3.05, 3.63) is 58.6 Å². The Morgan fingerprint density at radius 1 is 1.09 bits per heavy atom. The number of nitrogens with one attached hydrogen (secondary N) is 2. The second-order valence-electron chi connectivity index (χ2n) is 4.91. The summed E-state index contributed by atoms with van der Waals surface area (Å²) in [6.07, 6.45) is 0. The van der Waals surface area contributed by atoms with Crippen LogP contribution in [0.25, 0.3) is 0 Å². The Bertz CT molecular complexity index is 714. The molecule has 2 aromatic carbocycles. The fourth-order valence-corrected chi connectivity index (χ4v) is 2.16. The van der Waals surface area contributed by atoms with E-state index in [1.807, 2.05) is 24.3 Å². The summed E-state index contributed by atoms with van der Waals surface area (Å²) < 4.78 is 4.69. The number of anilines is 2. The second kappa shape index (κ2) is 7.65. The second-order valence-corrected chi connectivity index (χ2v) is 5.35. The minimum absolute atomic E-state index is 0.221. The van der Waals surface area contributed by atoms with Crippen molar-refractivity contribution >= 4 is 34.9 Å². The minimum Gasteiger partial charge on any atom is -0.465 e. The van der Waals surface area contributed by atoms with E-state index in [9.17, 15) is 9.59 Å². The Morgan fingerprint density at radius 3 is 2.39 bits per heavy atom. The highest BCUT2D eigenvalue weighted by molar-refractivity contribution is 6.30. The molecule has 0 unspecified atom stereocenters. The van der Waals surface area contributed by atoms with Gasteiger partial charge in [-0.2, -0.15) is 0 Å². The van der Waals surface area contributed by atoms with E-state index in [-0.39, 0.29) is 5.91 Å². The number of ether oxygens (including phenoxy) is 1. The number of halogens is 1. The summed E-state index contributed by atoms with van der Waals surface area (Å²) in [5.74, 6) is -0.678. The lowest BCUT2D eigenvalue weighted by Crippen LogP contribution is -2.11. The quantitative estimate of drug-likeness (QED) is 0.819. The van der Waals surface area contributed by atoms with Crippen molar-refractivity contribution in [3.63, 3.8) is 0 Å². The summed E-state index contributed by atoms with van der Waals surface area (Å²) in [4.78, 5) is 23.0. The first-order valence-electron chi connectivity index (χ1n) is 6.98. The lowest BCUT2D eigenvalue weighted by atomic mass is 10.1. The highest BCUT2D eigenvalue weighted by Crippen LogP contribution is 2.24. The topological polar surface area (TPSA) is 67.4 Å². The van der Waals surface area contributed by atoms with Crippen molar-refractivity contribution in [3.8, 4) is 0 Å². The molecule has 6 heteroatoms. The van der Waals surface area contributed by atoms with Gasteiger partial charge >= 0.3 is 5.97 Å². The highest BCUT2D eigenvalue weighted by Gasteiger charge is 2.11. The number of carbonyl (C=O) groups is 2. The Labute approximate surface area is 139 Å². The summed E-state index contributed by atoms with van der Waals surface area (Å²) in [6, 6.07) is 12.4. The molecule has 23 heavy (non-hydrogen) atoms. The van der Waals surface area contributed by atoms with E-state index in [0.717, 1.165) is 5.56 Å². The van der Waals surface area contributed by atoms with Gasteiger partial charge in [0.05, 0.1) is 24.0 Å². The van der Waals surface area contributed by atoms with Crippen molar-refractivity contribution in [1.82, 2.24) is 0 Å². The number of carbonyl (C=O) groups excluding carboxylic acids is 2. The number of hydrogen-bond donors (Lipinski definition) is 2. The van der Waals surface area contributed by atoms with Gasteiger partial charge < -0.3 is 15.4 Å². The maximum Gasteiger partial charge on any atom is 0.337 e. The molecule has 0 aliphatic rings. The maximum absolute atomic E-state index is 11.6. The fourth-order valence-electron chi connectivity index (χ4n) is 2.04. The van der Waals surface area contributed by atoms with Gasteiger partial charge in [0.25, 0.3) is 0 Å². The molecular formula is C17H17ClN2O3. The molecule has 0 saturated heterocycles. The number of hydrogen-bond acceptors (Lipinski definition) is 4. The number of amides is 1. The summed E-state index contributed by atoms with van der Waals surface area (Å²) >= 11 is 5.86. The molecule has 120 valence electrons. The first kappa shape index (κ1) is 16.8. The van der Waals surface area contributed by atoms with Crippen LogP contribution in [-0.4, -0.2) is 19.0 Å². The molecule has 0 heterocycles. The predicted octanol–water partition coefficient (Wildman–Crippen LogP) is 3.70. The molecule has 0 fully saturated rings. The van der Waals surface area contributed by atoms with Crippen LogP contribution in [0.4, 0.5) is 11.4 Å². The molecule has 5 nitrogen and oxygen atoms in total. The van der Waals surface area contributed by atoms with Crippen molar-refractivity contribution in [2.24, 2.45) is 0 Å². The minimum atomic E-state index is -0.458. The SMILES string of the molecule is COC(=O)c1ccc(NCc2ccc(Cl)cc2)c(NC(C)=O)c1. The lowest BCUT2D eigenvalue weighted by Gasteiger charge is -2.14. The van der Waals surface area contributed by atoms with E-state index in [1.165, 1.54) is 14.0 Å². The normalized spacial score (nSPS) is 10.0. The van der Waals surface area contributed by atoms with E-state index in [2.05, 4.69) is 10.6 Å².